The van der Waals surface area contributed by atoms with Gasteiger partial charge in [-0.3, -0.25) is 4.90 Å². The molecular formula is C30H27F7N6OS. The first-order valence-electron chi connectivity index (χ1n) is 14.9. The van der Waals surface area contributed by atoms with E-state index in [4.69, 9.17) is 4.74 Å². The van der Waals surface area contributed by atoms with Crippen molar-refractivity contribution in [3.63, 3.8) is 0 Å². The fourth-order valence-corrected chi connectivity index (χ4v) is 8.48. The van der Waals surface area contributed by atoms with Crippen molar-refractivity contribution in [3.8, 4) is 17.1 Å². The highest BCUT2D eigenvalue weighted by atomic mass is 32.1. The predicted molar refractivity (Wildman–Crippen MR) is 154 cm³/mol. The Kier molecular flexibility index (Phi) is 6.70. The minimum Gasteiger partial charge on any atom is -0.461 e. The number of aromatic nitrogens is 3. The van der Waals surface area contributed by atoms with E-state index in [0.717, 1.165) is 42.2 Å². The molecule has 4 aliphatic heterocycles. The van der Waals surface area contributed by atoms with Gasteiger partial charge in [0.25, 0.3) is 0 Å². The van der Waals surface area contributed by atoms with E-state index in [0.29, 0.717) is 32.1 Å². The van der Waals surface area contributed by atoms with E-state index in [1.165, 1.54) is 0 Å². The van der Waals surface area contributed by atoms with Gasteiger partial charge < -0.3 is 15.0 Å². The first kappa shape index (κ1) is 29.1. The second-order valence-electron chi connectivity index (χ2n) is 12.5. The highest BCUT2D eigenvalue weighted by molar-refractivity contribution is 7.16. The quantitative estimate of drug-likeness (QED) is 0.256. The molecule has 15 heteroatoms. The second-order valence-corrected chi connectivity index (χ2v) is 13.3. The zero-order chi connectivity index (χ0) is 31.2. The van der Waals surface area contributed by atoms with Gasteiger partial charge in [0.05, 0.1) is 26.8 Å². The highest BCUT2D eigenvalue weighted by Gasteiger charge is 2.49. The number of hydrogen-bond acceptors (Lipinski definition) is 8. The lowest BCUT2D eigenvalue weighted by Gasteiger charge is -2.35. The predicted octanol–water partition coefficient (Wildman–Crippen LogP) is 6.24. The molecule has 4 atom stereocenters. The van der Waals surface area contributed by atoms with Gasteiger partial charge in [-0.25, -0.2) is 22.5 Å². The molecule has 0 saturated carbocycles. The van der Waals surface area contributed by atoms with Crippen molar-refractivity contribution in [3.05, 3.63) is 40.7 Å². The molecule has 0 aliphatic carbocycles. The van der Waals surface area contributed by atoms with E-state index in [1.807, 2.05) is 4.90 Å². The molecule has 0 radical (unpaired) electrons. The van der Waals surface area contributed by atoms with Gasteiger partial charge in [0.15, 0.2) is 5.82 Å². The molecule has 7 nitrogen and oxygen atoms in total. The van der Waals surface area contributed by atoms with Crippen molar-refractivity contribution in [1.82, 2.24) is 25.2 Å². The summed E-state index contributed by atoms with van der Waals surface area (Å²) in [5, 5.41) is 3.25. The number of hydrogen-bond donors (Lipinski definition) is 1. The molecule has 45 heavy (non-hydrogen) atoms. The Labute approximate surface area is 256 Å². The van der Waals surface area contributed by atoms with Crippen LogP contribution in [-0.2, 0) is 6.18 Å². The van der Waals surface area contributed by atoms with Crippen LogP contribution in [0.3, 0.4) is 0 Å². The smallest absolute Gasteiger partial charge is 0.417 e. The van der Waals surface area contributed by atoms with E-state index < -0.39 is 63.1 Å². The monoisotopic (exact) mass is 652 g/mol. The fourth-order valence-electron chi connectivity index (χ4n) is 7.78. The van der Waals surface area contributed by atoms with E-state index in [1.54, 1.807) is 4.90 Å². The molecule has 4 fully saturated rings. The normalized spacial score (nSPS) is 26.8. The third-order valence-corrected chi connectivity index (χ3v) is 10.5. The van der Waals surface area contributed by atoms with Gasteiger partial charge >= 0.3 is 12.2 Å². The zero-order valence-electron chi connectivity index (χ0n) is 23.7. The topological polar surface area (TPSA) is 66.4 Å². The summed E-state index contributed by atoms with van der Waals surface area (Å²) in [6.45, 7) is 1.85. The van der Waals surface area contributed by atoms with E-state index in [-0.39, 0.29) is 53.6 Å². The van der Waals surface area contributed by atoms with E-state index in [9.17, 15) is 22.0 Å². The Morgan fingerprint density at radius 2 is 1.78 bits per heavy atom. The summed E-state index contributed by atoms with van der Waals surface area (Å²) in [6, 6.07) is 1.04. The average Bonchev–Trinajstić information content (AvgIpc) is 3.76. The SMILES string of the molecule is Fc1cc(F)c2scnc2c1-c1c(C(F)(F)F)cc2c(N3CC4CCC(C3)N4)nc(OC[C@@]34CCCN3C[C@H](F)C4)nc2c1F. The molecule has 4 aromatic rings. The number of nitrogens with one attached hydrogen (secondary N) is 1. The van der Waals surface area contributed by atoms with Crippen LogP contribution in [0.1, 0.15) is 37.7 Å². The van der Waals surface area contributed by atoms with Crippen molar-refractivity contribution in [1.29, 1.82) is 0 Å². The second kappa shape index (κ2) is 10.4. The number of benzene rings is 2. The molecule has 8 rings (SSSR count). The maximum atomic E-state index is 16.7. The van der Waals surface area contributed by atoms with Crippen LogP contribution in [0.2, 0.25) is 0 Å². The lowest BCUT2D eigenvalue weighted by atomic mass is 9.94. The van der Waals surface area contributed by atoms with Gasteiger partial charge in [-0.2, -0.15) is 23.1 Å². The van der Waals surface area contributed by atoms with E-state index >= 15 is 8.78 Å². The molecule has 0 spiro atoms. The van der Waals surface area contributed by atoms with Gasteiger partial charge in [0.1, 0.15) is 35.7 Å². The lowest BCUT2D eigenvalue weighted by Crippen LogP contribution is -2.51. The van der Waals surface area contributed by atoms with Gasteiger partial charge in [0.2, 0.25) is 0 Å². The number of fused-ring (bicyclic) bond motifs is 5. The molecule has 6 heterocycles. The molecule has 2 aromatic carbocycles. The fraction of sp³-hybridized carbons (Fsp3) is 0.500. The van der Waals surface area contributed by atoms with Gasteiger partial charge in [-0.15, -0.1) is 11.3 Å². The summed E-state index contributed by atoms with van der Waals surface area (Å²) >= 11 is 0.765. The Morgan fingerprint density at radius 3 is 2.53 bits per heavy atom. The van der Waals surface area contributed by atoms with Crippen molar-refractivity contribution in [2.45, 2.75) is 62.1 Å². The van der Waals surface area contributed by atoms with Crippen molar-refractivity contribution >= 4 is 38.3 Å². The number of alkyl halides is 4. The number of anilines is 1. The van der Waals surface area contributed by atoms with Crippen LogP contribution < -0.4 is 15.0 Å². The van der Waals surface area contributed by atoms with Crippen LogP contribution in [0.25, 0.3) is 32.2 Å². The molecule has 238 valence electrons. The third kappa shape index (κ3) is 4.72. The first-order chi connectivity index (χ1) is 21.5. The van der Waals surface area contributed by atoms with Crippen LogP contribution in [0, 0.1) is 17.5 Å². The van der Waals surface area contributed by atoms with Gasteiger partial charge in [-0.1, -0.05) is 0 Å². The average molecular weight is 653 g/mol. The summed E-state index contributed by atoms with van der Waals surface area (Å²) in [7, 11) is 0. The molecule has 1 N–H and O–H groups in total. The largest absolute Gasteiger partial charge is 0.461 e. The summed E-state index contributed by atoms with van der Waals surface area (Å²) < 4.78 is 111. The number of nitrogens with zero attached hydrogens (tertiary/aromatic N) is 5. The molecule has 2 aromatic heterocycles. The molecule has 4 aliphatic rings. The Morgan fingerprint density at radius 1 is 1.00 bits per heavy atom. The highest BCUT2D eigenvalue weighted by Crippen LogP contribution is 2.47. The maximum Gasteiger partial charge on any atom is 0.417 e. The van der Waals surface area contributed by atoms with Crippen LogP contribution in [0.4, 0.5) is 36.6 Å². The van der Waals surface area contributed by atoms with Crippen molar-refractivity contribution in [2.75, 3.05) is 37.7 Å². The lowest BCUT2D eigenvalue weighted by molar-refractivity contribution is -0.137. The Balaban J connectivity index is 1.33. The number of ether oxygens (including phenoxy) is 1. The van der Waals surface area contributed by atoms with Crippen molar-refractivity contribution in [2.24, 2.45) is 0 Å². The zero-order valence-corrected chi connectivity index (χ0v) is 24.5. The van der Waals surface area contributed by atoms with E-state index in [2.05, 4.69) is 20.3 Å². The first-order valence-corrected chi connectivity index (χ1v) is 15.7. The maximum absolute atomic E-state index is 16.7. The number of piperazine rings is 1. The number of thiazole rings is 1. The third-order valence-electron chi connectivity index (χ3n) is 9.71. The molecule has 4 saturated heterocycles. The summed E-state index contributed by atoms with van der Waals surface area (Å²) in [5.74, 6) is -3.78. The van der Waals surface area contributed by atoms with Crippen LogP contribution in [0.15, 0.2) is 17.6 Å². The molecular weight excluding hydrogens is 625 g/mol. The summed E-state index contributed by atoms with van der Waals surface area (Å²) in [6.07, 6.45) is -2.60. The minimum absolute atomic E-state index is 0.0202. The summed E-state index contributed by atoms with van der Waals surface area (Å²) in [4.78, 5) is 16.5. The molecule has 0 amide bonds. The Bertz CT molecular complexity index is 1820. The minimum atomic E-state index is -5.13. The number of halogens is 7. The molecule has 2 bridgehead atoms. The molecule has 2 unspecified atom stereocenters. The van der Waals surface area contributed by atoms with Gasteiger partial charge in [-0.05, 0) is 38.3 Å². The van der Waals surface area contributed by atoms with Crippen LogP contribution in [0.5, 0.6) is 6.01 Å². The number of rotatable bonds is 5. The van der Waals surface area contributed by atoms with Crippen LogP contribution in [-0.4, -0.2) is 76.4 Å². The Hall–Kier alpha value is -3.30. The van der Waals surface area contributed by atoms with Crippen LogP contribution >= 0.6 is 11.3 Å². The van der Waals surface area contributed by atoms with Crippen molar-refractivity contribution < 1.29 is 35.5 Å². The standard InChI is InChI=1S/C30H27F7N6OS/c31-14-8-29(4-1-5-43(29)9-14)12-44-28-40-24-17(27(41-28)42-10-15-2-3-16(11-42)39-15)6-18(30(35,36)37)21(23(24)34)22-19(32)7-20(33)26-25(22)38-13-45-26/h6-7,13-16,39H,1-5,8-12H2/t14-,15?,16?,29+/m1/s1. The summed E-state index contributed by atoms with van der Waals surface area (Å²) in [5.41, 5.74) is -3.71. The van der Waals surface area contributed by atoms with Gasteiger partial charge in [0, 0.05) is 60.7 Å².